The molecule has 152 valence electrons. The first-order chi connectivity index (χ1) is 13.6. The molecule has 3 atom stereocenters. The average molecular weight is 396 g/mol. The lowest BCUT2D eigenvalue weighted by atomic mass is 9.78. The zero-order chi connectivity index (χ0) is 21.0. The van der Waals surface area contributed by atoms with Gasteiger partial charge in [0.15, 0.2) is 0 Å². The molecule has 4 rings (SSSR count). The van der Waals surface area contributed by atoms with Crippen LogP contribution in [0, 0.1) is 0 Å². The van der Waals surface area contributed by atoms with Crippen LogP contribution in [0.3, 0.4) is 0 Å². The SMILES string of the molecule is COC(=O)C1(F)C(c2ccccc2)C1c1ccc(B2OC(C)(C)C(C)(C)O2)cc1. The quantitative estimate of drug-likeness (QED) is 0.584. The van der Waals surface area contributed by atoms with E-state index in [1.54, 1.807) is 0 Å². The number of methoxy groups -OCH3 is 1. The van der Waals surface area contributed by atoms with Crippen LogP contribution < -0.4 is 5.46 Å². The molecule has 2 fully saturated rings. The predicted molar refractivity (Wildman–Crippen MR) is 110 cm³/mol. The number of alkyl halides is 1. The molecule has 3 unspecified atom stereocenters. The van der Waals surface area contributed by atoms with Crippen molar-refractivity contribution < 1.29 is 23.2 Å². The fourth-order valence-electron chi connectivity index (χ4n) is 4.14. The highest BCUT2D eigenvalue weighted by atomic mass is 19.1. The molecular formula is C23H26BFO4. The van der Waals surface area contributed by atoms with Crippen molar-refractivity contribution in [3.8, 4) is 0 Å². The lowest BCUT2D eigenvalue weighted by Gasteiger charge is -2.32. The number of carbonyl (C=O) groups is 1. The lowest BCUT2D eigenvalue weighted by molar-refractivity contribution is -0.148. The van der Waals surface area contributed by atoms with Crippen molar-refractivity contribution in [2.75, 3.05) is 7.11 Å². The van der Waals surface area contributed by atoms with Crippen molar-refractivity contribution in [1.82, 2.24) is 0 Å². The van der Waals surface area contributed by atoms with Gasteiger partial charge in [0.25, 0.3) is 0 Å². The van der Waals surface area contributed by atoms with Crippen molar-refractivity contribution in [3.05, 3.63) is 65.7 Å². The maximum Gasteiger partial charge on any atom is 0.494 e. The van der Waals surface area contributed by atoms with Gasteiger partial charge < -0.3 is 14.0 Å². The minimum absolute atomic E-state index is 0.426. The lowest BCUT2D eigenvalue weighted by Crippen LogP contribution is -2.41. The van der Waals surface area contributed by atoms with Crippen LogP contribution >= 0.6 is 0 Å². The predicted octanol–water partition coefficient (Wildman–Crippen LogP) is 3.75. The minimum Gasteiger partial charge on any atom is -0.467 e. The number of ether oxygens (including phenoxy) is 1. The number of rotatable bonds is 4. The zero-order valence-corrected chi connectivity index (χ0v) is 17.4. The third-order valence-electron chi connectivity index (χ3n) is 6.61. The van der Waals surface area contributed by atoms with Gasteiger partial charge >= 0.3 is 13.1 Å². The van der Waals surface area contributed by atoms with Crippen molar-refractivity contribution in [1.29, 1.82) is 0 Å². The summed E-state index contributed by atoms with van der Waals surface area (Å²) in [4.78, 5) is 12.2. The first-order valence-electron chi connectivity index (χ1n) is 9.89. The van der Waals surface area contributed by atoms with E-state index in [-0.39, 0.29) is 0 Å². The Hall–Kier alpha value is -2.18. The summed E-state index contributed by atoms with van der Waals surface area (Å²) >= 11 is 0. The molecule has 1 heterocycles. The molecule has 1 aliphatic heterocycles. The Morgan fingerprint density at radius 1 is 0.897 bits per heavy atom. The molecule has 2 aromatic carbocycles. The van der Waals surface area contributed by atoms with E-state index in [9.17, 15) is 4.79 Å². The number of halogens is 1. The molecule has 0 radical (unpaired) electrons. The van der Waals surface area contributed by atoms with Crippen LogP contribution in [-0.4, -0.2) is 37.1 Å². The summed E-state index contributed by atoms with van der Waals surface area (Å²) in [5, 5.41) is 0. The molecule has 29 heavy (non-hydrogen) atoms. The maximum atomic E-state index is 15.7. The minimum atomic E-state index is -2.05. The standard InChI is InChI=1S/C23H26BFO4/c1-21(2)22(3,4)29-24(28-21)17-13-11-16(12-14-17)19-18(15-9-7-6-8-10-15)23(19,25)20(26)27-5/h6-14,18-19H,1-5H3. The molecule has 1 aliphatic carbocycles. The monoisotopic (exact) mass is 396 g/mol. The second kappa shape index (κ2) is 6.68. The van der Waals surface area contributed by atoms with Crippen LogP contribution in [0.25, 0.3) is 0 Å². The summed E-state index contributed by atoms with van der Waals surface area (Å²) in [6.45, 7) is 8.02. The van der Waals surface area contributed by atoms with Crippen LogP contribution in [0.4, 0.5) is 4.39 Å². The number of carbonyl (C=O) groups excluding carboxylic acids is 1. The van der Waals surface area contributed by atoms with E-state index in [4.69, 9.17) is 14.0 Å². The fraction of sp³-hybridized carbons (Fsp3) is 0.435. The normalized spacial score (nSPS) is 29.5. The zero-order valence-electron chi connectivity index (χ0n) is 17.4. The van der Waals surface area contributed by atoms with Crippen molar-refractivity contribution in [3.63, 3.8) is 0 Å². The Balaban J connectivity index is 1.61. The Labute approximate surface area is 171 Å². The summed E-state index contributed by atoms with van der Waals surface area (Å²) in [5.74, 6) is -1.96. The van der Waals surface area contributed by atoms with Gasteiger partial charge in [0.2, 0.25) is 5.67 Å². The first-order valence-corrected chi connectivity index (χ1v) is 9.89. The number of esters is 1. The Morgan fingerprint density at radius 3 is 1.86 bits per heavy atom. The Morgan fingerprint density at radius 2 is 1.38 bits per heavy atom. The largest absolute Gasteiger partial charge is 0.494 e. The molecule has 0 bridgehead atoms. The maximum absolute atomic E-state index is 15.7. The van der Waals surface area contributed by atoms with Crippen LogP contribution in [0.15, 0.2) is 54.6 Å². The van der Waals surface area contributed by atoms with Crippen LogP contribution in [0.2, 0.25) is 0 Å². The third kappa shape index (κ3) is 3.09. The molecule has 0 N–H and O–H groups in total. The van der Waals surface area contributed by atoms with Crippen LogP contribution in [0.5, 0.6) is 0 Å². The summed E-state index contributed by atoms with van der Waals surface area (Å²) in [6, 6.07) is 16.7. The number of hydrogen-bond donors (Lipinski definition) is 0. The summed E-state index contributed by atoms with van der Waals surface area (Å²) in [5.41, 5.74) is -0.490. The van der Waals surface area contributed by atoms with Gasteiger partial charge in [-0.2, -0.15) is 0 Å². The van der Waals surface area contributed by atoms with Gasteiger partial charge in [-0.15, -0.1) is 0 Å². The number of hydrogen-bond acceptors (Lipinski definition) is 4. The van der Waals surface area contributed by atoms with Crippen LogP contribution in [-0.2, 0) is 18.8 Å². The van der Waals surface area contributed by atoms with E-state index in [1.807, 2.05) is 82.3 Å². The molecule has 6 heteroatoms. The molecule has 2 aromatic rings. The highest BCUT2D eigenvalue weighted by molar-refractivity contribution is 6.62. The molecule has 1 saturated heterocycles. The van der Waals surface area contributed by atoms with Gasteiger partial charge in [0.1, 0.15) is 0 Å². The van der Waals surface area contributed by atoms with Gasteiger partial charge in [-0.3, -0.25) is 0 Å². The van der Waals surface area contributed by atoms with Gasteiger partial charge in [0, 0.05) is 11.8 Å². The van der Waals surface area contributed by atoms with Gasteiger partial charge in [-0.25, -0.2) is 9.18 Å². The summed E-state index contributed by atoms with van der Waals surface area (Å²) in [6.07, 6.45) is 0. The number of benzene rings is 2. The second-order valence-corrected chi connectivity index (χ2v) is 8.88. The summed E-state index contributed by atoms with van der Waals surface area (Å²) in [7, 11) is 0.747. The fourth-order valence-corrected chi connectivity index (χ4v) is 4.14. The topological polar surface area (TPSA) is 44.8 Å². The smallest absolute Gasteiger partial charge is 0.467 e. The Bertz CT molecular complexity index is 896. The van der Waals surface area contributed by atoms with Gasteiger partial charge in [0.05, 0.1) is 18.3 Å². The summed E-state index contributed by atoms with van der Waals surface area (Å²) < 4.78 is 32.6. The van der Waals surface area contributed by atoms with Gasteiger partial charge in [-0.05, 0) is 44.3 Å². The van der Waals surface area contributed by atoms with E-state index in [0.717, 1.165) is 16.6 Å². The van der Waals surface area contributed by atoms with Crippen molar-refractivity contribution in [2.24, 2.45) is 0 Å². The van der Waals surface area contributed by atoms with Crippen molar-refractivity contribution >= 4 is 18.6 Å². The van der Waals surface area contributed by atoms with E-state index in [0.29, 0.717) is 0 Å². The van der Waals surface area contributed by atoms with Crippen LogP contribution in [0.1, 0.15) is 50.7 Å². The molecule has 1 saturated carbocycles. The molecule has 2 aliphatic rings. The molecule has 0 amide bonds. The Kier molecular flexibility index (Phi) is 4.63. The van der Waals surface area contributed by atoms with E-state index < -0.39 is 41.8 Å². The van der Waals surface area contributed by atoms with Gasteiger partial charge in [-0.1, -0.05) is 54.6 Å². The molecule has 0 spiro atoms. The molecule has 0 aromatic heterocycles. The molecule has 4 nitrogen and oxygen atoms in total. The highest BCUT2D eigenvalue weighted by Crippen LogP contribution is 2.66. The first kappa shape index (κ1) is 20.1. The highest BCUT2D eigenvalue weighted by Gasteiger charge is 2.73. The van der Waals surface area contributed by atoms with E-state index >= 15 is 4.39 Å². The van der Waals surface area contributed by atoms with E-state index in [1.165, 1.54) is 7.11 Å². The van der Waals surface area contributed by atoms with E-state index in [2.05, 4.69) is 0 Å². The third-order valence-corrected chi connectivity index (χ3v) is 6.61. The average Bonchev–Trinajstić information content (AvgIpc) is 3.26. The molecular weight excluding hydrogens is 370 g/mol. The van der Waals surface area contributed by atoms with Crippen molar-refractivity contribution in [2.45, 2.75) is 56.4 Å². The second-order valence-electron chi connectivity index (χ2n) is 8.88.